The largest absolute Gasteiger partial charge is 0.378 e. The molecule has 0 amide bonds. The first-order valence-corrected chi connectivity index (χ1v) is 7.02. The molecule has 0 atom stereocenters. The predicted molar refractivity (Wildman–Crippen MR) is 84.6 cm³/mol. The standard InChI is InChI=1S/C15H13Cl2N3/c1-9-7-12(16)20-15(17)13(9)19-8-11-4-2-3-10-5-6-18-14(10)11/h2-7,18-19H,8H2,1H3. The van der Waals surface area contributed by atoms with Gasteiger partial charge in [-0.15, -0.1) is 0 Å². The van der Waals surface area contributed by atoms with E-state index in [1.807, 2.05) is 19.2 Å². The van der Waals surface area contributed by atoms with Gasteiger partial charge in [0.15, 0.2) is 5.15 Å². The van der Waals surface area contributed by atoms with Crippen molar-refractivity contribution in [2.75, 3.05) is 5.32 Å². The monoisotopic (exact) mass is 305 g/mol. The van der Waals surface area contributed by atoms with Crippen LogP contribution in [-0.2, 0) is 6.54 Å². The number of anilines is 1. The second kappa shape index (κ2) is 5.35. The summed E-state index contributed by atoms with van der Waals surface area (Å²) < 4.78 is 0. The third-order valence-corrected chi connectivity index (χ3v) is 3.74. The summed E-state index contributed by atoms with van der Waals surface area (Å²) in [5, 5.41) is 5.33. The number of aromatic nitrogens is 2. The maximum atomic E-state index is 6.13. The SMILES string of the molecule is Cc1cc(Cl)nc(Cl)c1NCc1cccc2cc[nH]c12. The van der Waals surface area contributed by atoms with Crippen molar-refractivity contribution < 1.29 is 0 Å². The number of hydrogen-bond acceptors (Lipinski definition) is 2. The number of halogens is 2. The third kappa shape index (κ3) is 2.47. The van der Waals surface area contributed by atoms with Gasteiger partial charge in [-0.3, -0.25) is 0 Å². The summed E-state index contributed by atoms with van der Waals surface area (Å²) in [6.07, 6.45) is 1.94. The number of hydrogen-bond donors (Lipinski definition) is 2. The Hall–Kier alpha value is -1.71. The van der Waals surface area contributed by atoms with Gasteiger partial charge < -0.3 is 10.3 Å². The van der Waals surface area contributed by atoms with Crippen LogP contribution in [0.2, 0.25) is 10.3 Å². The van der Waals surface area contributed by atoms with Crippen LogP contribution >= 0.6 is 23.2 Å². The Balaban J connectivity index is 1.89. The molecule has 0 radical (unpaired) electrons. The maximum Gasteiger partial charge on any atom is 0.154 e. The van der Waals surface area contributed by atoms with Gasteiger partial charge in [0, 0.05) is 12.7 Å². The number of rotatable bonds is 3. The Morgan fingerprint density at radius 3 is 2.90 bits per heavy atom. The molecule has 2 N–H and O–H groups in total. The molecule has 0 saturated heterocycles. The second-order valence-corrected chi connectivity index (χ2v) is 5.39. The van der Waals surface area contributed by atoms with E-state index >= 15 is 0 Å². The number of H-pyrrole nitrogens is 1. The van der Waals surface area contributed by atoms with Crippen LogP contribution < -0.4 is 5.32 Å². The van der Waals surface area contributed by atoms with Gasteiger partial charge in [0.25, 0.3) is 0 Å². The van der Waals surface area contributed by atoms with Gasteiger partial charge >= 0.3 is 0 Å². The van der Waals surface area contributed by atoms with E-state index < -0.39 is 0 Å². The average molecular weight is 306 g/mol. The van der Waals surface area contributed by atoms with Gasteiger partial charge in [-0.05, 0) is 35.6 Å². The molecule has 5 heteroatoms. The molecule has 20 heavy (non-hydrogen) atoms. The normalized spacial score (nSPS) is 10.9. The molecular formula is C15H13Cl2N3. The van der Waals surface area contributed by atoms with Crippen molar-refractivity contribution in [1.29, 1.82) is 0 Å². The van der Waals surface area contributed by atoms with Crippen molar-refractivity contribution in [3.8, 4) is 0 Å². The maximum absolute atomic E-state index is 6.13. The topological polar surface area (TPSA) is 40.7 Å². The molecule has 0 bridgehead atoms. The van der Waals surface area contributed by atoms with Crippen LogP contribution in [0.1, 0.15) is 11.1 Å². The van der Waals surface area contributed by atoms with Gasteiger partial charge in [-0.2, -0.15) is 0 Å². The van der Waals surface area contributed by atoms with Crippen molar-refractivity contribution in [1.82, 2.24) is 9.97 Å². The van der Waals surface area contributed by atoms with Crippen molar-refractivity contribution in [3.63, 3.8) is 0 Å². The summed E-state index contributed by atoms with van der Waals surface area (Å²) >= 11 is 12.0. The van der Waals surface area contributed by atoms with Gasteiger partial charge in [0.05, 0.1) is 11.2 Å². The Bertz CT molecular complexity index is 742. The van der Waals surface area contributed by atoms with Crippen LogP contribution in [0.4, 0.5) is 5.69 Å². The highest BCUT2D eigenvalue weighted by atomic mass is 35.5. The smallest absolute Gasteiger partial charge is 0.154 e. The Kier molecular flexibility index (Phi) is 3.55. The molecule has 3 rings (SSSR count). The molecule has 0 spiro atoms. The molecule has 0 unspecified atom stereocenters. The number of pyridine rings is 1. The Morgan fingerprint density at radius 2 is 2.10 bits per heavy atom. The number of nitrogens with one attached hydrogen (secondary N) is 2. The fourth-order valence-corrected chi connectivity index (χ4v) is 2.89. The molecule has 0 aliphatic carbocycles. The van der Waals surface area contributed by atoms with E-state index in [4.69, 9.17) is 23.2 Å². The lowest BCUT2D eigenvalue weighted by molar-refractivity contribution is 1.13. The van der Waals surface area contributed by atoms with Crippen LogP contribution in [0.15, 0.2) is 36.5 Å². The average Bonchev–Trinajstić information content (AvgIpc) is 2.86. The Labute approximate surface area is 126 Å². The van der Waals surface area contributed by atoms with Gasteiger partial charge in [-0.1, -0.05) is 41.4 Å². The first kappa shape index (κ1) is 13.3. The van der Waals surface area contributed by atoms with E-state index in [1.54, 1.807) is 6.07 Å². The van der Waals surface area contributed by atoms with Gasteiger partial charge in [0.1, 0.15) is 5.15 Å². The number of aryl methyl sites for hydroxylation is 1. The molecular weight excluding hydrogens is 293 g/mol. The van der Waals surface area contributed by atoms with Crippen LogP contribution in [0.25, 0.3) is 10.9 Å². The van der Waals surface area contributed by atoms with Crippen LogP contribution in [0, 0.1) is 6.92 Å². The first-order valence-electron chi connectivity index (χ1n) is 6.26. The number of aromatic amines is 1. The number of para-hydroxylation sites is 1. The Morgan fingerprint density at radius 1 is 1.25 bits per heavy atom. The number of fused-ring (bicyclic) bond motifs is 1. The van der Waals surface area contributed by atoms with Crippen molar-refractivity contribution in [3.05, 3.63) is 58.0 Å². The highest BCUT2D eigenvalue weighted by Gasteiger charge is 2.08. The summed E-state index contributed by atoms with van der Waals surface area (Å²) in [5.74, 6) is 0. The van der Waals surface area contributed by atoms with Crippen molar-refractivity contribution in [2.24, 2.45) is 0 Å². The predicted octanol–water partition coefficient (Wildman–Crippen LogP) is 4.79. The zero-order valence-electron chi connectivity index (χ0n) is 10.9. The van der Waals surface area contributed by atoms with Crippen LogP contribution in [0.3, 0.4) is 0 Å². The van der Waals surface area contributed by atoms with E-state index in [0.717, 1.165) is 16.8 Å². The minimum Gasteiger partial charge on any atom is -0.378 e. The molecule has 0 aliphatic rings. The van der Waals surface area contributed by atoms with E-state index in [0.29, 0.717) is 16.9 Å². The summed E-state index contributed by atoms with van der Waals surface area (Å²) in [5.41, 5.74) is 4.11. The fraction of sp³-hybridized carbons (Fsp3) is 0.133. The minimum atomic E-state index is 0.397. The summed E-state index contributed by atoms with van der Waals surface area (Å²) in [7, 11) is 0. The molecule has 102 valence electrons. The number of benzene rings is 1. The number of nitrogens with zero attached hydrogens (tertiary/aromatic N) is 1. The van der Waals surface area contributed by atoms with Gasteiger partial charge in [0.2, 0.25) is 0 Å². The van der Waals surface area contributed by atoms with E-state index in [-0.39, 0.29) is 0 Å². The quantitative estimate of drug-likeness (QED) is 0.683. The van der Waals surface area contributed by atoms with Crippen molar-refractivity contribution >= 4 is 39.8 Å². The molecule has 0 saturated carbocycles. The fourth-order valence-electron chi connectivity index (χ4n) is 2.29. The molecule has 2 heterocycles. The highest BCUT2D eigenvalue weighted by Crippen LogP contribution is 2.27. The van der Waals surface area contributed by atoms with E-state index in [9.17, 15) is 0 Å². The zero-order valence-corrected chi connectivity index (χ0v) is 12.4. The van der Waals surface area contributed by atoms with Crippen molar-refractivity contribution in [2.45, 2.75) is 13.5 Å². The molecule has 0 fully saturated rings. The molecule has 1 aromatic carbocycles. The molecule has 3 aromatic rings. The van der Waals surface area contributed by atoms with E-state index in [2.05, 4.69) is 33.5 Å². The third-order valence-electron chi connectivity index (χ3n) is 3.27. The lowest BCUT2D eigenvalue weighted by atomic mass is 10.1. The second-order valence-electron chi connectivity index (χ2n) is 4.64. The minimum absolute atomic E-state index is 0.397. The van der Waals surface area contributed by atoms with Gasteiger partial charge in [-0.25, -0.2) is 4.98 Å². The molecule has 3 nitrogen and oxygen atoms in total. The zero-order chi connectivity index (χ0) is 14.1. The van der Waals surface area contributed by atoms with Crippen LogP contribution in [0.5, 0.6) is 0 Å². The summed E-state index contributed by atoms with van der Waals surface area (Å²) in [6.45, 7) is 2.62. The van der Waals surface area contributed by atoms with Crippen LogP contribution in [-0.4, -0.2) is 9.97 Å². The summed E-state index contributed by atoms with van der Waals surface area (Å²) in [4.78, 5) is 7.31. The lowest BCUT2D eigenvalue weighted by Gasteiger charge is -2.12. The molecule has 0 aliphatic heterocycles. The first-order chi connectivity index (χ1) is 9.65. The van der Waals surface area contributed by atoms with E-state index in [1.165, 1.54) is 10.9 Å². The molecule has 2 aromatic heterocycles. The highest BCUT2D eigenvalue weighted by molar-refractivity contribution is 6.34. The lowest BCUT2D eigenvalue weighted by Crippen LogP contribution is -2.03. The summed E-state index contributed by atoms with van der Waals surface area (Å²) in [6, 6.07) is 10.1.